The maximum Gasteiger partial charge on any atom is 0.411 e. The third kappa shape index (κ3) is 6.65. The molecule has 1 unspecified atom stereocenters. The van der Waals surface area contributed by atoms with Gasteiger partial charge in [0.25, 0.3) is 0 Å². The van der Waals surface area contributed by atoms with Crippen molar-refractivity contribution < 1.29 is 17.9 Å². The van der Waals surface area contributed by atoms with Gasteiger partial charge in [0.05, 0.1) is 6.61 Å². The number of benzene rings is 1. The topological polar surface area (TPSA) is 35.2 Å². The quantitative estimate of drug-likeness (QED) is 0.907. The van der Waals surface area contributed by atoms with Crippen LogP contribution < -0.4 is 5.73 Å². The molecule has 1 aromatic carbocycles. The van der Waals surface area contributed by atoms with Gasteiger partial charge in [-0.2, -0.15) is 13.2 Å². The summed E-state index contributed by atoms with van der Waals surface area (Å²) < 4.78 is 40.9. The van der Waals surface area contributed by atoms with Gasteiger partial charge in [0.1, 0.15) is 6.61 Å². The summed E-state index contributed by atoms with van der Waals surface area (Å²) in [4.78, 5) is 0. The molecule has 0 radical (unpaired) electrons. The van der Waals surface area contributed by atoms with Gasteiger partial charge in [-0.3, -0.25) is 0 Å². The second-order valence-electron chi connectivity index (χ2n) is 3.72. The van der Waals surface area contributed by atoms with Crippen LogP contribution in [0.2, 0.25) is 0 Å². The van der Waals surface area contributed by atoms with Gasteiger partial charge in [-0.1, -0.05) is 28.1 Å². The van der Waals surface area contributed by atoms with Crippen molar-refractivity contribution in [2.45, 2.75) is 18.6 Å². The van der Waals surface area contributed by atoms with Crippen LogP contribution in [0.25, 0.3) is 0 Å². The van der Waals surface area contributed by atoms with E-state index in [1.54, 1.807) is 0 Å². The molecule has 0 aliphatic rings. The molecule has 0 aliphatic heterocycles. The van der Waals surface area contributed by atoms with Crippen LogP contribution in [-0.4, -0.2) is 25.4 Å². The van der Waals surface area contributed by atoms with E-state index in [1.165, 1.54) is 0 Å². The first-order valence-electron chi connectivity index (χ1n) is 5.01. The van der Waals surface area contributed by atoms with Gasteiger partial charge in [0.15, 0.2) is 0 Å². The van der Waals surface area contributed by atoms with Crippen LogP contribution in [0.15, 0.2) is 28.7 Å². The predicted octanol–water partition coefficient (Wildman–Crippen LogP) is 2.90. The normalized spacial score (nSPS) is 13.7. The Morgan fingerprint density at radius 2 is 2.06 bits per heavy atom. The van der Waals surface area contributed by atoms with Crippen molar-refractivity contribution >= 4 is 15.9 Å². The largest absolute Gasteiger partial charge is 0.411 e. The van der Waals surface area contributed by atoms with E-state index in [1.807, 2.05) is 24.3 Å². The van der Waals surface area contributed by atoms with E-state index < -0.39 is 18.8 Å². The van der Waals surface area contributed by atoms with Crippen molar-refractivity contribution in [3.63, 3.8) is 0 Å². The molecule has 0 aromatic heterocycles. The van der Waals surface area contributed by atoms with Gasteiger partial charge in [-0.05, 0) is 24.1 Å². The van der Waals surface area contributed by atoms with Crippen molar-refractivity contribution in [3.8, 4) is 0 Å². The first-order valence-corrected chi connectivity index (χ1v) is 5.80. The molecule has 2 nitrogen and oxygen atoms in total. The SMILES string of the molecule is NC(COCC(F)(F)F)Cc1cccc(Br)c1. The number of hydrogen-bond acceptors (Lipinski definition) is 2. The first kappa shape index (κ1) is 14.5. The highest BCUT2D eigenvalue weighted by Gasteiger charge is 2.27. The number of nitrogens with two attached hydrogens (primary N) is 1. The van der Waals surface area contributed by atoms with Gasteiger partial charge in [0, 0.05) is 10.5 Å². The van der Waals surface area contributed by atoms with Crippen molar-refractivity contribution in [2.24, 2.45) is 5.73 Å². The average molecular weight is 312 g/mol. The van der Waals surface area contributed by atoms with Crippen molar-refractivity contribution in [1.29, 1.82) is 0 Å². The second-order valence-corrected chi connectivity index (χ2v) is 4.64. The van der Waals surface area contributed by atoms with E-state index >= 15 is 0 Å². The highest BCUT2D eigenvalue weighted by atomic mass is 79.9. The Hall–Kier alpha value is -0.590. The number of hydrogen-bond donors (Lipinski definition) is 1. The maximum atomic E-state index is 11.8. The molecule has 0 amide bonds. The molecule has 96 valence electrons. The Bertz CT molecular complexity index is 357. The van der Waals surface area contributed by atoms with Crippen LogP contribution in [0.1, 0.15) is 5.56 Å². The maximum absolute atomic E-state index is 11.8. The van der Waals surface area contributed by atoms with Crippen LogP contribution in [0.5, 0.6) is 0 Å². The lowest BCUT2D eigenvalue weighted by Crippen LogP contribution is -2.31. The Balaban J connectivity index is 2.32. The van der Waals surface area contributed by atoms with Crippen molar-refractivity contribution in [1.82, 2.24) is 0 Å². The Morgan fingerprint density at radius 3 is 2.65 bits per heavy atom. The minimum absolute atomic E-state index is 0.105. The molecular formula is C11H13BrF3NO. The van der Waals surface area contributed by atoms with Crippen LogP contribution in [0.4, 0.5) is 13.2 Å². The van der Waals surface area contributed by atoms with Gasteiger partial charge in [-0.15, -0.1) is 0 Å². The molecular weight excluding hydrogens is 299 g/mol. The van der Waals surface area contributed by atoms with E-state index in [9.17, 15) is 13.2 Å². The van der Waals surface area contributed by atoms with Crippen LogP contribution in [0.3, 0.4) is 0 Å². The minimum Gasteiger partial charge on any atom is -0.370 e. The molecule has 17 heavy (non-hydrogen) atoms. The van der Waals surface area contributed by atoms with Gasteiger partial charge < -0.3 is 10.5 Å². The van der Waals surface area contributed by atoms with E-state index in [0.29, 0.717) is 6.42 Å². The first-order chi connectivity index (χ1) is 7.87. The Morgan fingerprint density at radius 1 is 1.35 bits per heavy atom. The molecule has 0 saturated heterocycles. The number of ether oxygens (including phenoxy) is 1. The molecule has 1 rings (SSSR count). The molecule has 0 bridgehead atoms. The molecule has 0 aliphatic carbocycles. The average Bonchev–Trinajstić information content (AvgIpc) is 2.15. The fourth-order valence-corrected chi connectivity index (χ4v) is 1.80. The molecule has 0 fully saturated rings. The number of rotatable bonds is 5. The van der Waals surface area contributed by atoms with E-state index in [2.05, 4.69) is 20.7 Å². The zero-order chi connectivity index (χ0) is 12.9. The third-order valence-corrected chi connectivity index (χ3v) is 2.48. The second kappa shape index (κ2) is 6.37. The molecule has 1 atom stereocenters. The molecule has 1 aromatic rings. The fourth-order valence-electron chi connectivity index (χ4n) is 1.35. The van der Waals surface area contributed by atoms with Crippen molar-refractivity contribution in [3.05, 3.63) is 34.3 Å². The summed E-state index contributed by atoms with van der Waals surface area (Å²) in [7, 11) is 0. The van der Waals surface area contributed by atoms with Gasteiger partial charge in [0.2, 0.25) is 0 Å². The van der Waals surface area contributed by atoms with Crippen molar-refractivity contribution in [2.75, 3.05) is 13.2 Å². The zero-order valence-corrected chi connectivity index (χ0v) is 10.6. The van der Waals surface area contributed by atoms with E-state index in [4.69, 9.17) is 5.73 Å². The summed E-state index contributed by atoms with van der Waals surface area (Å²) >= 11 is 3.31. The highest BCUT2D eigenvalue weighted by Crippen LogP contribution is 2.15. The van der Waals surface area contributed by atoms with Gasteiger partial charge >= 0.3 is 6.18 Å². The van der Waals surface area contributed by atoms with Crippen LogP contribution >= 0.6 is 15.9 Å². The summed E-state index contributed by atoms with van der Waals surface area (Å²) in [6.45, 7) is -1.36. The predicted molar refractivity (Wildman–Crippen MR) is 62.7 cm³/mol. The molecule has 0 saturated carbocycles. The molecule has 2 N–H and O–H groups in total. The van der Waals surface area contributed by atoms with Crippen LogP contribution in [-0.2, 0) is 11.2 Å². The molecule has 0 heterocycles. The Kier molecular flexibility index (Phi) is 5.42. The zero-order valence-electron chi connectivity index (χ0n) is 9.01. The summed E-state index contributed by atoms with van der Waals surface area (Å²) in [5.74, 6) is 0. The number of alkyl halides is 3. The van der Waals surface area contributed by atoms with E-state index in [-0.39, 0.29) is 6.61 Å². The summed E-state index contributed by atoms with van der Waals surface area (Å²) in [6, 6.07) is 7.03. The standard InChI is InChI=1S/C11H13BrF3NO/c12-9-3-1-2-8(4-9)5-10(16)6-17-7-11(13,14)15/h1-4,10H,5-7,16H2. The monoisotopic (exact) mass is 311 g/mol. The fraction of sp³-hybridized carbons (Fsp3) is 0.455. The molecule has 0 spiro atoms. The number of halogens is 4. The highest BCUT2D eigenvalue weighted by molar-refractivity contribution is 9.10. The lowest BCUT2D eigenvalue weighted by atomic mass is 10.1. The smallest absolute Gasteiger partial charge is 0.370 e. The lowest BCUT2D eigenvalue weighted by molar-refractivity contribution is -0.174. The Labute approximate surface area is 106 Å². The van der Waals surface area contributed by atoms with Gasteiger partial charge in [-0.25, -0.2) is 0 Å². The lowest BCUT2D eigenvalue weighted by Gasteiger charge is -2.13. The van der Waals surface area contributed by atoms with Crippen LogP contribution in [0, 0.1) is 0 Å². The summed E-state index contributed by atoms with van der Waals surface area (Å²) in [5.41, 5.74) is 6.64. The summed E-state index contributed by atoms with van der Waals surface area (Å²) in [6.07, 6.45) is -3.81. The molecule has 6 heteroatoms. The third-order valence-electron chi connectivity index (χ3n) is 1.98. The minimum atomic E-state index is -4.30. The summed E-state index contributed by atoms with van der Waals surface area (Å²) in [5, 5.41) is 0. The van der Waals surface area contributed by atoms with E-state index in [0.717, 1.165) is 10.0 Å².